The Morgan fingerprint density at radius 3 is 2.79 bits per heavy atom. The van der Waals surface area contributed by atoms with Crippen molar-refractivity contribution in [3.63, 3.8) is 0 Å². The summed E-state index contributed by atoms with van der Waals surface area (Å²) in [6.07, 6.45) is 6.51. The zero-order chi connectivity index (χ0) is 19.3. The summed E-state index contributed by atoms with van der Waals surface area (Å²) in [6.45, 7) is 0.275. The third kappa shape index (κ3) is 4.34. The lowest BCUT2D eigenvalue weighted by Gasteiger charge is -2.14. The van der Waals surface area contributed by atoms with Crippen LogP contribution in [0, 0.1) is 0 Å². The van der Waals surface area contributed by atoms with Gasteiger partial charge in [0.05, 0.1) is 12.6 Å². The molecule has 0 atom stereocenters. The average molecular weight is 378 g/mol. The quantitative estimate of drug-likeness (QED) is 0.702. The smallest absolute Gasteiger partial charge is 0.291 e. The molecule has 1 fully saturated rings. The van der Waals surface area contributed by atoms with Gasteiger partial charge in [0, 0.05) is 24.0 Å². The highest BCUT2D eigenvalue weighted by atomic mass is 16.5. The number of carbonyl (C=O) groups excluding carboxylic acids is 1. The van der Waals surface area contributed by atoms with Gasteiger partial charge in [-0.2, -0.15) is 0 Å². The maximum absolute atomic E-state index is 12.5. The van der Waals surface area contributed by atoms with Crippen molar-refractivity contribution in [2.75, 3.05) is 5.32 Å². The topological polar surface area (TPSA) is 73.5 Å². The van der Waals surface area contributed by atoms with Gasteiger partial charge in [0.25, 0.3) is 11.5 Å². The number of hydrogen-bond donors (Lipinski definition) is 1. The summed E-state index contributed by atoms with van der Waals surface area (Å²) in [5.74, 6) is 1.15. The second kappa shape index (κ2) is 8.17. The molecule has 0 bridgehead atoms. The molecule has 0 saturated heterocycles. The Labute approximate surface area is 162 Å². The molecule has 1 aromatic carbocycles. The molecule has 2 heterocycles. The lowest BCUT2D eigenvalue weighted by atomic mass is 10.2. The highest BCUT2D eigenvalue weighted by molar-refractivity contribution is 6.02. The number of nitrogens with one attached hydrogen (secondary N) is 1. The third-order valence-corrected chi connectivity index (χ3v) is 4.81. The number of ether oxygens (including phenoxy) is 1. The Hall–Kier alpha value is -3.28. The van der Waals surface area contributed by atoms with Crippen LogP contribution in [0.1, 0.15) is 42.0 Å². The SMILES string of the molecule is O=C(Nc1cccc(OC2CCCC2)c1)c1ccc(Cn2ccccc2=O)o1. The molecule has 1 saturated carbocycles. The number of anilines is 1. The highest BCUT2D eigenvalue weighted by Gasteiger charge is 2.17. The normalized spacial score (nSPS) is 14.1. The first kappa shape index (κ1) is 18.1. The van der Waals surface area contributed by atoms with Crippen molar-refractivity contribution in [1.82, 2.24) is 4.57 Å². The van der Waals surface area contributed by atoms with E-state index in [1.54, 1.807) is 30.5 Å². The summed E-state index contributed by atoms with van der Waals surface area (Å²) in [5, 5.41) is 2.83. The van der Waals surface area contributed by atoms with E-state index in [2.05, 4.69) is 5.32 Å². The number of amides is 1. The molecule has 3 aromatic rings. The number of pyridine rings is 1. The number of hydrogen-bond acceptors (Lipinski definition) is 4. The molecule has 0 unspecified atom stereocenters. The highest BCUT2D eigenvalue weighted by Crippen LogP contribution is 2.26. The van der Waals surface area contributed by atoms with Gasteiger partial charge in [0.1, 0.15) is 11.5 Å². The summed E-state index contributed by atoms with van der Waals surface area (Å²) in [4.78, 5) is 24.3. The van der Waals surface area contributed by atoms with E-state index in [1.807, 2.05) is 24.3 Å². The molecule has 4 rings (SSSR count). The van der Waals surface area contributed by atoms with E-state index < -0.39 is 0 Å². The average Bonchev–Trinajstić information content (AvgIpc) is 3.36. The number of rotatable bonds is 6. The molecule has 0 aliphatic heterocycles. The van der Waals surface area contributed by atoms with Gasteiger partial charge in [-0.3, -0.25) is 9.59 Å². The fourth-order valence-electron chi connectivity index (χ4n) is 3.38. The summed E-state index contributed by atoms with van der Waals surface area (Å²) < 4.78 is 13.1. The van der Waals surface area contributed by atoms with Crippen LogP contribution < -0.4 is 15.6 Å². The molecule has 1 N–H and O–H groups in total. The van der Waals surface area contributed by atoms with Crippen LogP contribution in [0.25, 0.3) is 0 Å². The molecule has 6 heteroatoms. The van der Waals surface area contributed by atoms with Crippen LogP contribution in [-0.4, -0.2) is 16.6 Å². The van der Waals surface area contributed by atoms with Crippen molar-refractivity contribution < 1.29 is 13.9 Å². The van der Waals surface area contributed by atoms with E-state index in [0.29, 0.717) is 11.4 Å². The lowest BCUT2D eigenvalue weighted by Crippen LogP contribution is -2.18. The van der Waals surface area contributed by atoms with Crippen LogP contribution >= 0.6 is 0 Å². The van der Waals surface area contributed by atoms with E-state index in [0.717, 1.165) is 18.6 Å². The predicted octanol–water partition coefficient (Wildman–Crippen LogP) is 4.06. The van der Waals surface area contributed by atoms with Crippen LogP contribution in [0.4, 0.5) is 5.69 Å². The van der Waals surface area contributed by atoms with Gasteiger partial charge in [0.2, 0.25) is 0 Å². The summed E-state index contributed by atoms with van der Waals surface area (Å²) >= 11 is 0. The summed E-state index contributed by atoms with van der Waals surface area (Å²) in [6, 6.07) is 15.6. The minimum absolute atomic E-state index is 0.121. The van der Waals surface area contributed by atoms with Crippen molar-refractivity contribution in [3.05, 3.63) is 82.7 Å². The van der Waals surface area contributed by atoms with E-state index in [4.69, 9.17) is 9.15 Å². The Bertz CT molecular complexity index is 1010. The molecule has 2 aromatic heterocycles. The third-order valence-electron chi connectivity index (χ3n) is 4.81. The molecule has 28 heavy (non-hydrogen) atoms. The predicted molar refractivity (Wildman–Crippen MR) is 106 cm³/mol. The zero-order valence-electron chi connectivity index (χ0n) is 15.5. The van der Waals surface area contributed by atoms with Crippen molar-refractivity contribution in [3.8, 4) is 5.75 Å². The zero-order valence-corrected chi connectivity index (χ0v) is 15.5. The van der Waals surface area contributed by atoms with Gasteiger partial charge in [-0.1, -0.05) is 12.1 Å². The van der Waals surface area contributed by atoms with Crippen LogP contribution in [-0.2, 0) is 6.54 Å². The molecule has 1 amide bonds. The number of furan rings is 1. The van der Waals surface area contributed by atoms with E-state index in [-0.39, 0.29) is 29.9 Å². The van der Waals surface area contributed by atoms with Gasteiger partial charge in [-0.05, 0) is 56.0 Å². The van der Waals surface area contributed by atoms with Gasteiger partial charge >= 0.3 is 0 Å². The monoisotopic (exact) mass is 378 g/mol. The van der Waals surface area contributed by atoms with Gasteiger partial charge in [-0.25, -0.2) is 0 Å². The van der Waals surface area contributed by atoms with Crippen molar-refractivity contribution in [1.29, 1.82) is 0 Å². The number of carbonyl (C=O) groups is 1. The van der Waals surface area contributed by atoms with Crippen LogP contribution in [0.2, 0.25) is 0 Å². The van der Waals surface area contributed by atoms with Gasteiger partial charge in [0.15, 0.2) is 5.76 Å². The van der Waals surface area contributed by atoms with E-state index in [1.165, 1.54) is 23.5 Å². The molecular formula is C22H22N2O4. The van der Waals surface area contributed by atoms with Crippen LogP contribution in [0.3, 0.4) is 0 Å². The lowest BCUT2D eigenvalue weighted by molar-refractivity contribution is 0.0994. The van der Waals surface area contributed by atoms with Crippen LogP contribution in [0.5, 0.6) is 5.75 Å². The fraction of sp³-hybridized carbons (Fsp3) is 0.273. The first-order valence-corrected chi connectivity index (χ1v) is 9.50. The second-order valence-electron chi connectivity index (χ2n) is 6.94. The largest absolute Gasteiger partial charge is 0.490 e. The van der Waals surface area contributed by atoms with Crippen molar-refractivity contribution in [2.45, 2.75) is 38.3 Å². The molecular weight excluding hydrogens is 356 g/mol. The Kier molecular flexibility index (Phi) is 5.28. The van der Waals surface area contributed by atoms with E-state index in [9.17, 15) is 9.59 Å². The minimum atomic E-state index is -0.343. The molecule has 144 valence electrons. The first-order chi connectivity index (χ1) is 13.7. The Balaban J connectivity index is 1.40. The summed E-state index contributed by atoms with van der Waals surface area (Å²) in [5.41, 5.74) is 0.529. The number of aromatic nitrogens is 1. The van der Waals surface area contributed by atoms with Crippen molar-refractivity contribution >= 4 is 11.6 Å². The van der Waals surface area contributed by atoms with Crippen LogP contribution in [0.15, 0.2) is 70.0 Å². The first-order valence-electron chi connectivity index (χ1n) is 9.50. The van der Waals surface area contributed by atoms with Crippen molar-refractivity contribution in [2.24, 2.45) is 0 Å². The Morgan fingerprint density at radius 2 is 1.96 bits per heavy atom. The van der Waals surface area contributed by atoms with Gasteiger partial charge in [-0.15, -0.1) is 0 Å². The second-order valence-corrected chi connectivity index (χ2v) is 6.94. The Morgan fingerprint density at radius 1 is 1.11 bits per heavy atom. The van der Waals surface area contributed by atoms with Gasteiger partial charge < -0.3 is 19.0 Å². The standard InChI is InChI=1S/C22H22N2O4/c25-21-10-3-4-13-24(21)15-19-11-12-20(28-19)22(26)23-16-6-5-9-18(14-16)27-17-7-1-2-8-17/h3-6,9-14,17H,1-2,7-8,15H2,(H,23,26). The molecule has 0 spiro atoms. The maximum Gasteiger partial charge on any atom is 0.291 e. The fourth-order valence-corrected chi connectivity index (χ4v) is 3.38. The molecule has 0 radical (unpaired) electrons. The maximum atomic E-state index is 12.5. The minimum Gasteiger partial charge on any atom is -0.490 e. The molecule has 1 aliphatic rings. The number of benzene rings is 1. The molecule has 6 nitrogen and oxygen atoms in total. The summed E-state index contributed by atoms with van der Waals surface area (Å²) in [7, 11) is 0. The number of nitrogens with zero attached hydrogens (tertiary/aromatic N) is 1. The molecule has 1 aliphatic carbocycles. The van der Waals surface area contributed by atoms with E-state index >= 15 is 0 Å².